The Morgan fingerprint density at radius 1 is 0.861 bits per heavy atom. The van der Waals surface area contributed by atoms with Crippen LogP contribution in [0.1, 0.15) is 16.2 Å². The number of carbonyl (C=O) groups is 1. The molecule has 1 amide bonds. The molecule has 5 rings (SSSR count). The van der Waals surface area contributed by atoms with Gasteiger partial charge in [-0.25, -0.2) is 9.07 Å². The maximum absolute atomic E-state index is 14.9. The minimum Gasteiger partial charge on any atom is -0.321 e. The summed E-state index contributed by atoms with van der Waals surface area (Å²) < 4.78 is 56.0. The van der Waals surface area contributed by atoms with Gasteiger partial charge in [-0.2, -0.15) is 18.3 Å². The highest BCUT2D eigenvalue weighted by atomic mass is 32.1. The lowest BCUT2D eigenvalue weighted by atomic mass is 10.1. The fraction of sp³-hybridized carbons (Fsp3) is 0.0370. The van der Waals surface area contributed by atoms with Gasteiger partial charge in [0.15, 0.2) is 5.69 Å². The van der Waals surface area contributed by atoms with Gasteiger partial charge in [0.25, 0.3) is 5.91 Å². The van der Waals surface area contributed by atoms with Crippen molar-refractivity contribution in [3.05, 3.63) is 108 Å². The molecule has 5 aromatic rings. The van der Waals surface area contributed by atoms with Crippen LogP contribution in [0.4, 0.5) is 23.2 Å². The van der Waals surface area contributed by atoms with Crippen molar-refractivity contribution in [2.45, 2.75) is 11.1 Å². The molecule has 0 atom stereocenters. The lowest BCUT2D eigenvalue weighted by molar-refractivity contribution is -0.141. The van der Waals surface area contributed by atoms with Crippen LogP contribution < -0.4 is 5.32 Å². The number of aromatic nitrogens is 2. The number of anilines is 1. The van der Waals surface area contributed by atoms with Crippen molar-refractivity contribution in [3.8, 4) is 16.8 Å². The number of hydrogen-bond donors (Lipinski definition) is 2. The fourth-order valence-corrected chi connectivity index (χ4v) is 4.16. The Bertz CT molecular complexity index is 1590. The lowest BCUT2D eigenvalue weighted by Gasteiger charge is -2.11. The number of halogens is 4. The summed E-state index contributed by atoms with van der Waals surface area (Å²) in [4.78, 5) is 13.8. The maximum atomic E-state index is 14.9. The Balaban J connectivity index is 1.51. The molecule has 1 heterocycles. The third kappa shape index (κ3) is 4.57. The highest BCUT2D eigenvalue weighted by molar-refractivity contribution is 7.80. The lowest BCUT2D eigenvalue weighted by Crippen LogP contribution is -2.17. The second-order valence-corrected chi connectivity index (χ2v) is 8.51. The molecule has 0 spiro atoms. The van der Waals surface area contributed by atoms with Crippen LogP contribution in [0.15, 0.2) is 95.9 Å². The molecule has 1 aromatic heterocycles. The smallest absolute Gasteiger partial charge is 0.321 e. The molecule has 0 saturated carbocycles. The Kier molecular flexibility index (Phi) is 6.01. The SMILES string of the molecule is O=C(Nc1ccc(-c2ccccc2S)cc1)c1cc(C(F)(F)F)nn1-c1cc2ccccc2cc1F. The molecule has 0 aliphatic carbocycles. The van der Waals surface area contributed by atoms with E-state index in [1.807, 2.05) is 24.3 Å². The number of rotatable bonds is 4. The van der Waals surface area contributed by atoms with E-state index in [4.69, 9.17) is 0 Å². The average molecular weight is 508 g/mol. The first-order valence-electron chi connectivity index (χ1n) is 10.8. The van der Waals surface area contributed by atoms with Crippen LogP contribution in [-0.4, -0.2) is 15.7 Å². The van der Waals surface area contributed by atoms with Crippen molar-refractivity contribution >= 4 is 35.0 Å². The molecule has 0 saturated heterocycles. The Morgan fingerprint density at radius 3 is 2.17 bits per heavy atom. The molecule has 1 N–H and O–H groups in total. The van der Waals surface area contributed by atoms with Gasteiger partial charge in [0.05, 0.1) is 0 Å². The predicted octanol–water partition coefficient (Wildman–Crippen LogP) is 7.39. The average Bonchev–Trinajstić information content (AvgIpc) is 3.31. The van der Waals surface area contributed by atoms with E-state index in [0.717, 1.165) is 16.0 Å². The normalized spacial score (nSPS) is 11.6. The van der Waals surface area contributed by atoms with E-state index in [2.05, 4.69) is 23.0 Å². The first-order valence-corrected chi connectivity index (χ1v) is 11.2. The van der Waals surface area contributed by atoms with Gasteiger partial charge in [-0.1, -0.05) is 54.6 Å². The zero-order valence-electron chi connectivity index (χ0n) is 18.4. The van der Waals surface area contributed by atoms with Crippen LogP contribution in [-0.2, 0) is 6.18 Å². The third-order valence-electron chi connectivity index (χ3n) is 5.63. The molecule has 0 radical (unpaired) electrons. The standard InChI is InChI=1S/C27H17F4N3OS/c28-21-13-17-5-1-2-6-18(17)14-22(21)34-23(15-25(33-34)27(29,30)31)26(35)32-19-11-9-16(10-12-19)20-7-3-4-8-24(20)36/h1-15,36H,(H,32,35). The summed E-state index contributed by atoms with van der Waals surface area (Å²) in [6.45, 7) is 0. The van der Waals surface area contributed by atoms with Crippen LogP contribution in [0.3, 0.4) is 0 Å². The Hall–Kier alpha value is -4.11. The van der Waals surface area contributed by atoms with Gasteiger partial charge < -0.3 is 5.32 Å². The second-order valence-electron chi connectivity index (χ2n) is 8.02. The predicted molar refractivity (Wildman–Crippen MR) is 133 cm³/mol. The molecule has 0 aliphatic heterocycles. The minimum absolute atomic E-state index is 0.268. The number of carbonyl (C=O) groups excluding carboxylic acids is 1. The molecular formula is C27H17F4N3OS. The number of nitrogens with zero attached hydrogens (tertiary/aromatic N) is 2. The van der Waals surface area contributed by atoms with E-state index in [-0.39, 0.29) is 5.69 Å². The molecule has 4 nitrogen and oxygen atoms in total. The van der Waals surface area contributed by atoms with Gasteiger partial charge in [0.1, 0.15) is 17.2 Å². The van der Waals surface area contributed by atoms with E-state index in [1.165, 1.54) is 12.1 Å². The van der Waals surface area contributed by atoms with Crippen LogP contribution in [0.2, 0.25) is 0 Å². The minimum atomic E-state index is -4.82. The zero-order chi connectivity index (χ0) is 25.4. The first-order chi connectivity index (χ1) is 17.2. The summed E-state index contributed by atoms with van der Waals surface area (Å²) in [5, 5.41) is 7.26. The van der Waals surface area contributed by atoms with Crippen LogP contribution in [0.5, 0.6) is 0 Å². The second kappa shape index (κ2) is 9.16. The van der Waals surface area contributed by atoms with E-state index in [0.29, 0.717) is 27.2 Å². The summed E-state index contributed by atoms with van der Waals surface area (Å²) in [5.41, 5.74) is 0.0534. The number of thiol groups is 1. The van der Waals surface area contributed by atoms with E-state index < -0.39 is 29.3 Å². The molecule has 0 bridgehead atoms. The molecule has 36 heavy (non-hydrogen) atoms. The summed E-state index contributed by atoms with van der Waals surface area (Å²) in [7, 11) is 0. The maximum Gasteiger partial charge on any atom is 0.435 e. The number of nitrogens with one attached hydrogen (secondary N) is 1. The third-order valence-corrected chi connectivity index (χ3v) is 6.02. The number of hydrogen-bond acceptors (Lipinski definition) is 3. The number of fused-ring (bicyclic) bond motifs is 1. The van der Waals surface area contributed by atoms with Crippen LogP contribution in [0, 0.1) is 5.82 Å². The Labute approximate surface area is 208 Å². The van der Waals surface area contributed by atoms with Gasteiger partial charge in [0.2, 0.25) is 0 Å². The van der Waals surface area contributed by atoms with Crippen LogP contribution >= 0.6 is 12.6 Å². The van der Waals surface area contributed by atoms with Crippen molar-refractivity contribution in [2.75, 3.05) is 5.32 Å². The molecule has 0 aliphatic rings. The van der Waals surface area contributed by atoms with Crippen molar-refractivity contribution < 1.29 is 22.4 Å². The van der Waals surface area contributed by atoms with Gasteiger partial charge >= 0.3 is 6.18 Å². The van der Waals surface area contributed by atoms with Gasteiger partial charge in [-0.05, 0) is 52.2 Å². The monoisotopic (exact) mass is 507 g/mol. The molecule has 180 valence electrons. The number of alkyl halides is 3. The van der Waals surface area contributed by atoms with E-state index in [9.17, 15) is 22.4 Å². The van der Waals surface area contributed by atoms with Gasteiger partial charge in [-0.15, -0.1) is 12.6 Å². The highest BCUT2D eigenvalue weighted by Gasteiger charge is 2.36. The van der Waals surface area contributed by atoms with Gasteiger partial charge in [-0.3, -0.25) is 4.79 Å². The van der Waals surface area contributed by atoms with Crippen molar-refractivity contribution in [3.63, 3.8) is 0 Å². The summed E-state index contributed by atoms with van der Waals surface area (Å²) >= 11 is 4.44. The highest BCUT2D eigenvalue weighted by Crippen LogP contribution is 2.32. The van der Waals surface area contributed by atoms with Crippen LogP contribution in [0.25, 0.3) is 27.6 Å². The number of benzene rings is 4. The fourth-order valence-electron chi connectivity index (χ4n) is 3.87. The van der Waals surface area contributed by atoms with Crippen molar-refractivity contribution in [1.82, 2.24) is 9.78 Å². The van der Waals surface area contributed by atoms with Gasteiger partial charge in [0, 0.05) is 16.6 Å². The largest absolute Gasteiger partial charge is 0.435 e. The first kappa shape index (κ1) is 23.6. The van der Waals surface area contributed by atoms with Crippen molar-refractivity contribution in [1.29, 1.82) is 0 Å². The molecule has 9 heteroatoms. The topological polar surface area (TPSA) is 46.9 Å². The quantitative estimate of drug-likeness (QED) is 0.197. The summed E-state index contributed by atoms with van der Waals surface area (Å²) in [6.07, 6.45) is -4.82. The Morgan fingerprint density at radius 2 is 1.50 bits per heavy atom. The molecule has 0 fully saturated rings. The number of amides is 1. The molecule has 0 unspecified atom stereocenters. The zero-order valence-corrected chi connectivity index (χ0v) is 19.3. The van der Waals surface area contributed by atoms with E-state index >= 15 is 0 Å². The van der Waals surface area contributed by atoms with E-state index in [1.54, 1.807) is 48.5 Å². The molecular weight excluding hydrogens is 490 g/mol. The molecule has 4 aromatic carbocycles. The summed E-state index contributed by atoms with van der Waals surface area (Å²) in [6, 6.07) is 24.2. The summed E-state index contributed by atoms with van der Waals surface area (Å²) in [5.74, 6) is -1.68. The van der Waals surface area contributed by atoms with Crippen molar-refractivity contribution in [2.24, 2.45) is 0 Å².